The number of rotatable bonds is 8. The van der Waals surface area contributed by atoms with Crippen LogP contribution in [-0.2, 0) is 15.8 Å². The van der Waals surface area contributed by atoms with Gasteiger partial charge in [0.2, 0.25) is 0 Å². The van der Waals surface area contributed by atoms with Crippen molar-refractivity contribution in [2.24, 2.45) is 0 Å². The highest BCUT2D eigenvalue weighted by Crippen LogP contribution is 2.61. The van der Waals surface area contributed by atoms with E-state index in [4.69, 9.17) is 50.2 Å². The molecule has 1 aliphatic rings. The molecule has 32 heteroatoms. The summed E-state index contributed by atoms with van der Waals surface area (Å²) >= 11 is 35.8. The third-order valence-electron chi connectivity index (χ3n) is 18.5. The number of carbonyl (C=O) groups is 4. The molecule has 5 N–H and O–H groups in total. The minimum absolute atomic E-state index is 0. The zero-order chi connectivity index (χ0) is 92.2. The highest BCUT2D eigenvalue weighted by molar-refractivity contribution is 8.24. The van der Waals surface area contributed by atoms with Crippen LogP contribution in [0.3, 0.4) is 0 Å². The summed E-state index contributed by atoms with van der Waals surface area (Å²) in [5.74, 6) is -2.94. The number of nitriles is 2. The van der Waals surface area contributed by atoms with Crippen LogP contribution in [0.15, 0.2) is 277 Å². The molecule has 1 atom stereocenters. The van der Waals surface area contributed by atoms with Crippen LogP contribution in [0.25, 0.3) is 99.5 Å². The Kier molecular flexibility index (Phi) is 35.5. The van der Waals surface area contributed by atoms with Crippen molar-refractivity contribution in [2.75, 3.05) is 17.3 Å². The van der Waals surface area contributed by atoms with Crippen molar-refractivity contribution in [3.05, 3.63) is 371 Å². The van der Waals surface area contributed by atoms with Crippen molar-refractivity contribution in [2.45, 2.75) is 44.9 Å². The molecule has 19 rings (SSSR count). The molecule has 0 saturated heterocycles. The number of nitrogens with zero attached hydrogens (tertiary/aromatic N) is 3. The fourth-order valence-corrected chi connectivity index (χ4v) is 18.7. The Morgan fingerprint density at radius 1 is 0.527 bits per heavy atom. The molecule has 0 fully saturated rings. The number of ketones is 4. The van der Waals surface area contributed by atoms with Crippen molar-refractivity contribution in [3.8, 4) is 34.7 Å². The van der Waals surface area contributed by atoms with Gasteiger partial charge in [-0.1, -0.05) is 152 Å². The monoisotopic (exact) mass is 1960 g/mol. The van der Waals surface area contributed by atoms with Gasteiger partial charge in [0.1, 0.15) is 64.5 Å². The van der Waals surface area contributed by atoms with Crippen molar-refractivity contribution < 1.29 is 58.9 Å². The molecule has 1 aliphatic carbocycles. The first-order chi connectivity index (χ1) is 61.1. The number of alkyl halides is 1. The Morgan fingerprint density at radius 2 is 0.953 bits per heavy atom. The molecule has 0 radical (unpaired) electrons. The smallest absolute Gasteiger partial charge is 0.339 e. The summed E-state index contributed by atoms with van der Waals surface area (Å²) in [6.45, 7) is 2.91. The number of pyridine rings is 2. The summed E-state index contributed by atoms with van der Waals surface area (Å²) in [6, 6.07) is 75.8. The standard InChI is InChI=1S/C18H13FOS.C17H9ClFNS.C17H10FNOS.C17H12FNOS.C10H8FNOS.C7H3F2N.C7H4FNS.C3H5ClO.CH4.Cl3OP/c19-13-6-7-14-15-8-12(11-4-2-1-3-5-11)9-16(20)18(15)21-17(14)10-13;18-13-9-14(10-4-2-1-3-5-10)20-16-12-7-6-11(19)8-15(12)21-17(13)16;18-11-6-7-12-15(8-11)21-17-14(20)9-13(19-16(12)17)10-4-2-1-3-5-10;18-12-7-8-13-15(10-12)21-17(16(13)19)14(20)9-6-11-4-2-1-3-5-11;1-5(13)10-9(12)7-3-2-6(11)4-8(7)14-10;8-6-2-1-5(4-10)7(9)3-6;8-6-2-1-5(4-9)7(10)3-6;1-3(5)2-4;;1-5(2,3)4/h1-7,10,12H,8-9H2;1-9H;1-9H,(H,19,20);1-10H,19H2;2-4H,12H2,1H3;1-3H;1-3,10H;2H2,1H3;1H4;/b;;;9-6+;;;;;;. The molecule has 129 heavy (non-hydrogen) atoms. The van der Waals surface area contributed by atoms with Gasteiger partial charge in [-0.3, -0.25) is 28.5 Å². The quantitative estimate of drug-likeness (QED) is 0.0279. The number of hydrogen-bond acceptors (Lipinski definition) is 17. The normalized spacial score (nSPS) is 11.7. The van der Waals surface area contributed by atoms with Crippen LogP contribution >= 0.6 is 131 Å². The van der Waals surface area contributed by atoms with Crippen LogP contribution in [0.1, 0.15) is 90.4 Å². The zero-order valence-electron chi connectivity index (χ0n) is 66.5. The van der Waals surface area contributed by atoms with E-state index in [0.717, 1.165) is 114 Å². The third kappa shape index (κ3) is 26.8. The minimum Gasteiger partial charge on any atom is -0.397 e. The van der Waals surface area contributed by atoms with E-state index in [2.05, 4.69) is 63.5 Å². The van der Waals surface area contributed by atoms with Gasteiger partial charge in [0.25, 0.3) is 0 Å². The first kappa shape index (κ1) is 99.5. The summed E-state index contributed by atoms with van der Waals surface area (Å²) in [7, 11) is 0. The highest BCUT2D eigenvalue weighted by Gasteiger charge is 2.30. The zero-order valence-corrected chi connectivity index (χ0v) is 76.1. The van der Waals surface area contributed by atoms with Crippen LogP contribution in [-0.4, -0.2) is 39.0 Å². The average molecular weight is 1970 g/mol. The number of benzene rings is 11. The van der Waals surface area contributed by atoms with Gasteiger partial charge in [-0.25, -0.2) is 40.1 Å². The molecule has 0 spiro atoms. The SMILES string of the molecule is C.CC(=O)CCl.CC(=O)c1sc2cc(F)ccc2c1N.Fc1ccc2c(c1)sc1c(Cl)cc(-c3ccccc3)nc12.N#Cc1ccc(F)cc1F.N#Cc1ccc(F)cc1S.Nc1c(C(=O)/C=C/c2ccccc2)sc2cc(F)ccc12.O=C1CC(c2ccccc2)Cc2c1sc1cc(F)ccc21.O=P(Cl)(Cl)Cl.O=c1cc(-c2ccccc2)[nH]c2c1sc1cc(F)ccc12. The molecule has 11 aromatic carbocycles. The Labute approximate surface area is 783 Å². The molecule has 0 aliphatic heterocycles. The first-order valence-corrected chi connectivity index (χ1v) is 47.6. The van der Waals surface area contributed by atoms with E-state index in [1.165, 1.54) is 161 Å². The molecular formula is C97H68Cl5F8N6O6PS6. The summed E-state index contributed by atoms with van der Waals surface area (Å²) in [6.07, 6.45) is 4.64. The van der Waals surface area contributed by atoms with Gasteiger partial charge in [-0.05, 0) is 208 Å². The first-order valence-electron chi connectivity index (χ1n) is 37.7. The second-order valence-electron chi connectivity index (χ2n) is 27.5. The summed E-state index contributed by atoms with van der Waals surface area (Å²) < 4.78 is 118. The summed E-state index contributed by atoms with van der Waals surface area (Å²) in [4.78, 5) is 68.0. The maximum Gasteiger partial charge on any atom is 0.339 e. The average Bonchev–Trinajstić information content (AvgIpc) is 1.60. The molecule has 1 unspecified atom stereocenters. The number of nitrogens with two attached hydrogens (primary N) is 2. The van der Waals surface area contributed by atoms with Gasteiger partial charge in [-0.15, -0.1) is 80.9 Å². The molecule has 7 aromatic heterocycles. The maximum atomic E-state index is 13.4. The lowest BCUT2D eigenvalue weighted by molar-refractivity contribution is -0.114. The molecule has 0 bridgehead atoms. The number of halogens is 13. The van der Waals surface area contributed by atoms with Gasteiger partial charge in [0, 0.05) is 86.7 Å². The Hall–Kier alpha value is -11.7. The van der Waals surface area contributed by atoms with Crippen molar-refractivity contribution in [1.29, 1.82) is 10.5 Å². The van der Waals surface area contributed by atoms with Gasteiger partial charge < -0.3 is 16.5 Å². The molecule has 0 saturated carbocycles. The van der Waals surface area contributed by atoms with Crippen molar-refractivity contribution in [1.82, 2.24) is 9.97 Å². The van der Waals surface area contributed by atoms with E-state index in [-0.39, 0.29) is 88.3 Å². The van der Waals surface area contributed by atoms with Crippen LogP contribution in [0.4, 0.5) is 46.5 Å². The molecule has 18 aromatic rings. The number of hydrogen-bond donors (Lipinski definition) is 4. The minimum atomic E-state index is -3.22. The largest absolute Gasteiger partial charge is 0.397 e. The fraction of sp³-hybridized carbons (Fsp3) is 0.0722. The number of thiol groups is 1. The number of nitrogen functional groups attached to an aromatic ring is 2. The van der Waals surface area contributed by atoms with Gasteiger partial charge in [-0.2, -0.15) is 10.5 Å². The highest BCUT2D eigenvalue weighted by atomic mass is 36.0. The van der Waals surface area contributed by atoms with Crippen LogP contribution < -0.4 is 16.9 Å². The van der Waals surface area contributed by atoms with Gasteiger partial charge in [0.05, 0.1) is 74.2 Å². The van der Waals surface area contributed by atoms with Gasteiger partial charge >= 0.3 is 5.20 Å². The second-order valence-corrected chi connectivity index (χ2v) is 40.6. The number of aromatic amines is 1. The summed E-state index contributed by atoms with van der Waals surface area (Å²) in [5, 5.41) is 18.3. The van der Waals surface area contributed by atoms with Crippen LogP contribution in [0, 0.1) is 69.2 Å². The van der Waals surface area contributed by atoms with E-state index in [0.29, 0.717) is 63.2 Å². The summed E-state index contributed by atoms with van der Waals surface area (Å²) in [5.41, 5.74) is 21.3. The number of nitrogens with one attached hydrogen (secondary N) is 1. The fourth-order valence-electron chi connectivity index (χ4n) is 12.7. The lowest BCUT2D eigenvalue weighted by Gasteiger charge is -2.21. The van der Waals surface area contributed by atoms with E-state index in [1.54, 1.807) is 48.5 Å². The molecule has 12 nitrogen and oxygen atoms in total. The lowest BCUT2D eigenvalue weighted by atomic mass is 9.82. The number of H-pyrrole nitrogens is 1. The maximum absolute atomic E-state index is 13.4. The van der Waals surface area contributed by atoms with E-state index in [9.17, 15) is 63.7 Å². The lowest BCUT2D eigenvalue weighted by Crippen LogP contribution is -2.16. The van der Waals surface area contributed by atoms with Gasteiger partial charge in [0.15, 0.2) is 22.8 Å². The number of fused-ring (bicyclic) bond motifs is 11. The van der Waals surface area contributed by atoms with Crippen LogP contribution in [0.2, 0.25) is 5.02 Å². The number of anilines is 2. The Morgan fingerprint density at radius 3 is 1.47 bits per heavy atom. The van der Waals surface area contributed by atoms with E-state index >= 15 is 0 Å². The Balaban J connectivity index is 0.000000156. The molecular weight excluding hydrogens is 1900 g/mol. The van der Waals surface area contributed by atoms with Crippen molar-refractivity contribution >= 4 is 243 Å². The van der Waals surface area contributed by atoms with E-state index < -0.39 is 16.8 Å². The molecule has 0 amide bonds. The van der Waals surface area contributed by atoms with Crippen LogP contribution in [0.5, 0.6) is 0 Å². The van der Waals surface area contributed by atoms with Crippen molar-refractivity contribution in [3.63, 3.8) is 0 Å². The second kappa shape index (κ2) is 46.0. The topological polar surface area (TPSA) is 231 Å². The number of aromatic nitrogens is 2. The predicted octanol–water partition coefficient (Wildman–Crippen LogP) is 30.8. The number of carbonyl (C=O) groups excluding carboxylic acids is 4. The number of Topliss-reactive ketones (excluding diaryl/α,β-unsaturated/α-hetero) is 3. The number of allylic oxidation sites excluding steroid dienone is 1. The predicted molar refractivity (Wildman–Crippen MR) is 521 cm³/mol. The molecule has 654 valence electrons. The number of thiophene rings is 5. The molecule has 7 heterocycles. The Bertz CT molecular complexity index is 7330. The third-order valence-corrected chi connectivity index (χ3v) is 25.7. The van der Waals surface area contributed by atoms with E-state index in [1.807, 2.05) is 121 Å².